The molecule has 0 spiro atoms. The maximum atomic E-state index is 8.73. The molecule has 94 valence electrons. The molecule has 2 heterocycles. The minimum Gasteiger partial charge on any atom is -0.395 e. The van der Waals surface area contributed by atoms with E-state index in [1.54, 1.807) is 0 Å². The Balaban J connectivity index is 1.96. The Bertz CT molecular complexity index is 339. The number of hydrogen-bond acceptors (Lipinski definition) is 4. The largest absolute Gasteiger partial charge is 0.395 e. The molecule has 0 aromatic carbocycles. The number of nitrogens with zero attached hydrogens (tertiary/aromatic N) is 2. The van der Waals surface area contributed by atoms with Crippen molar-refractivity contribution in [2.45, 2.75) is 18.8 Å². The third kappa shape index (κ3) is 3.41. The predicted molar refractivity (Wildman–Crippen MR) is 69.3 cm³/mol. The number of aromatic nitrogens is 1. The fraction of sp³-hybridized carbons (Fsp3) is 0.615. The molecular weight excluding hydrogens is 214 g/mol. The molecular formula is C13H21N3O. The van der Waals surface area contributed by atoms with Gasteiger partial charge in [0.2, 0.25) is 0 Å². The van der Waals surface area contributed by atoms with Crippen LogP contribution >= 0.6 is 0 Å². The number of aliphatic hydroxyl groups is 1. The fourth-order valence-electron chi connectivity index (χ4n) is 2.36. The van der Waals surface area contributed by atoms with Gasteiger partial charge in [-0.3, -0.25) is 4.98 Å². The zero-order chi connectivity index (χ0) is 12.1. The van der Waals surface area contributed by atoms with Gasteiger partial charge in [-0.1, -0.05) is 0 Å². The summed E-state index contributed by atoms with van der Waals surface area (Å²) in [7, 11) is 2.17. The monoisotopic (exact) mass is 235 g/mol. The summed E-state index contributed by atoms with van der Waals surface area (Å²) in [6, 6.07) is 4.15. The summed E-state index contributed by atoms with van der Waals surface area (Å²) >= 11 is 0. The summed E-state index contributed by atoms with van der Waals surface area (Å²) in [6.07, 6.45) is 4.35. The van der Waals surface area contributed by atoms with Crippen LogP contribution in [0.3, 0.4) is 0 Å². The molecule has 0 unspecified atom stereocenters. The Kier molecular flexibility index (Phi) is 4.34. The van der Waals surface area contributed by atoms with Crippen molar-refractivity contribution in [3.05, 3.63) is 24.0 Å². The van der Waals surface area contributed by atoms with Gasteiger partial charge >= 0.3 is 0 Å². The van der Waals surface area contributed by atoms with Gasteiger partial charge in [-0.15, -0.1) is 0 Å². The molecule has 0 amide bonds. The van der Waals surface area contributed by atoms with Gasteiger partial charge in [0.05, 0.1) is 18.5 Å². The summed E-state index contributed by atoms with van der Waals surface area (Å²) in [4.78, 5) is 6.89. The standard InChI is InChI=1S/C13H21N3O/c1-16-7-2-3-11(10-16)13-5-4-12(9-15-13)14-6-8-17/h4-5,9,11,14,17H,2-3,6-8,10H2,1H3/t11-/m1/s1. The molecule has 4 nitrogen and oxygen atoms in total. The lowest BCUT2D eigenvalue weighted by molar-refractivity contribution is 0.248. The van der Waals surface area contributed by atoms with Crippen molar-refractivity contribution in [2.24, 2.45) is 0 Å². The van der Waals surface area contributed by atoms with E-state index in [4.69, 9.17) is 5.11 Å². The number of anilines is 1. The Morgan fingerprint density at radius 3 is 3.06 bits per heavy atom. The van der Waals surface area contributed by atoms with Gasteiger partial charge < -0.3 is 15.3 Å². The number of piperidine rings is 1. The van der Waals surface area contributed by atoms with Crippen LogP contribution in [0.2, 0.25) is 0 Å². The van der Waals surface area contributed by atoms with Crippen molar-refractivity contribution < 1.29 is 5.11 Å². The number of rotatable bonds is 4. The molecule has 17 heavy (non-hydrogen) atoms. The van der Waals surface area contributed by atoms with E-state index in [0.717, 1.165) is 12.2 Å². The molecule has 1 aromatic heterocycles. The van der Waals surface area contributed by atoms with Crippen LogP contribution in [0.15, 0.2) is 18.3 Å². The van der Waals surface area contributed by atoms with Crippen molar-refractivity contribution in [3.8, 4) is 0 Å². The predicted octanol–water partition coefficient (Wildman–Crippen LogP) is 1.29. The summed E-state index contributed by atoms with van der Waals surface area (Å²) in [5.74, 6) is 0.570. The summed E-state index contributed by atoms with van der Waals surface area (Å²) in [5, 5.41) is 11.8. The molecule has 0 aliphatic carbocycles. The first-order valence-corrected chi connectivity index (χ1v) is 6.29. The smallest absolute Gasteiger partial charge is 0.0604 e. The zero-order valence-electron chi connectivity index (χ0n) is 10.4. The van der Waals surface area contributed by atoms with Crippen LogP contribution in [0, 0.1) is 0 Å². The van der Waals surface area contributed by atoms with Crippen LogP contribution in [-0.4, -0.2) is 48.3 Å². The maximum Gasteiger partial charge on any atom is 0.0604 e. The third-order valence-electron chi connectivity index (χ3n) is 3.27. The van der Waals surface area contributed by atoms with Crippen LogP contribution in [-0.2, 0) is 0 Å². The van der Waals surface area contributed by atoms with Crippen molar-refractivity contribution >= 4 is 5.69 Å². The number of aliphatic hydroxyl groups excluding tert-OH is 1. The van der Waals surface area contributed by atoms with Gasteiger partial charge in [0.15, 0.2) is 0 Å². The highest BCUT2D eigenvalue weighted by molar-refractivity contribution is 5.41. The quantitative estimate of drug-likeness (QED) is 0.826. The minimum atomic E-state index is 0.148. The molecule has 1 aliphatic heterocycles. The minimum absolute atomic E-state index is 0.148. The van der Waals surface area contributed by atoms with Gasteiger partial charge in [0.25, 0.3) is 0 Å². The van der Waals surface area contributed by atoms with Gasteiger partial charge in [0.1, 0.15) is 0 Å². The molecule has 1 fully saturated rings. The van der Waals surface area contributed by atoms with Crippen molar-refractivity contribution in [2.75, 3.05) is 38.6 Å². The van der Waals surface area contributed by atoms with E-state index in [-0.39, 0.29) is 6.61 Å². The third-order valence-corrected chi connectivity index (χ3v) is 3.27. The molecule has 0 saturated carbocycles. The van der Waals surface area contributed by atoms with Gasteiger partial charge in [0, 0.05) is 24.7 Å². The second-order valence-electron chi connectivity index (χ2n) is 4.72. The topological polar surface area (TPSA) is 48.4 Å². The normalized spacial score (nSPS) is 21.4. The van der Waals surface area contributed by atoms with E-state index in [1.165, 1.54) is 25.1 Å². The van der Waals surface area contributed by atoms with E-state index in [9.17, 15) is 0 Å². The van der Waals surface area contributed by atoms with Gasteiger partial charge in [-0.25, -0.2) is 0 Å². The van der Waals surface area contributed by atoms with Crippen LogP contribution in [0.25, 0.3) is 0 Å². The van der Waals surface area contributed by atoms with E-state index in [1.807, 2.05) is 12.3 Å². The van der Waals surface area contributed by atoms with E-state index in [0.29, 0.717) is 12.5 Å². The molecule has 2 rings (SSSR count). The van der Waals surface area contributed by atoms with Crippen molar-refractivity contribution in [3.63, 3.8) is 0 Å². The van der Waals surface area contributed by atoms with Crippen LogP contribution in [0.5, 0.6) is 0 Å². The molecule has 1 saturated heterocycles. The molecule has 2 N–H and O–H groups in total. The highest BCUT2D eigenvalue weighted by atomic mass is 16.3. The zero-order valence-corrected chi connectivity index (χ0v) is 10.4. The van der Waals surface area contributed by atoms with E-state index in [2.05, 4.69) is 28.3 Å². The van der Waals surface area contributed by atoms with Gasteiger partial charge in [-0.2, -0.15) is 0 Å². The lowest BCUT2D eigenvalue weighted by atomic mass is 9.94. The Labute approximate surface area is 103 Å². The molecule has 1 aliphatic rings. The number of pyridine rings is 1. The molecule has 0 radical (unpaired) electrons. The first-order chi connectivity index (χ1) is 8.29. The molecule has 0 bridgehead atoms. The second-order valence-corrected chi connectivity index (χ2v) is 4.72. The fourth-order valence-corrected chi connectivity index (χ4v) is 2.36. The second kappa shape index (κ2) is 5.98. The Morgan fingerprint density at radius 2 is 2.41 bits per heavy atom. The van der Waals surface area contributed by atoms with Crippen molar-refractivity contribution in [1.82, 2.24) is 9.88 Å². The number of likely N-dealkylation sites (tertiary alicyclic amines) is 1. The number of likely N-dealkylation sites (N-methyl/N-ethyl adjacent to an activating group) is 1. The first-order valence-electron chi connectivity index (χ1n) is 6.29. The van der Waals surface area contributed by atoms with Gasteiger partial charge in [-0.05, 0) is 38.6 Å². The highest BCUT2D eigenvalue weighted by Gasteiger charge is 2.19. The number of hydrogen-bond donors (Lipinski definition) is 2. The van der Waals surface area contributed by atoms with E-state index < -0.39 is 0 Å². The maximum absolute atomic E-state index is 8.73. The van der Waals surface area contributed by atoms with Crippen LogP contribution in [0.4, 0.5) is 5.69 Å². The average Bonchev–Trinajstić information content (AvgIpc) is 2.37. The lowest BCUT2D eigenvalue weighted by Crippen LogP contribution is -2.31. The molecule has 1 aromatic rings. The molecule has 1 atom stereocenters. The van der Waals surface area contributed by atoms with Crippen molar-refractivity contribution in [1.29, 1.82) is 0 Å². The van der Waals surface area contributed by atoms with E-state index >= 15 is 0 Å². The van der Waals surface area contributed by atoms with Crippen LogP contribution < -0.4 is 5.32 Å². The lowest BCUT2D eigenvalue weighted by Gasteiger charge is -2.29. The Hall–Kier alpha value is -1.13. The van der Waals surface area contributed by atoms with Crippen LogP contribution in [0.1, 0.15) is 24.5 Å². The highest BCUT2D eigenvalue weighted by Crippen LogP contribution is 2.25. The first kappa shape index (κ1) is 12.3. The molecule has 4 heteroatoms. The Morgan fingerprint density at radius 1 is 1.53 bits per heavy atom. The number of nitrogens with one attached hydrogen (secondary N) is 1. The summed E-state index contributed by atoms with van der Waals surface area (Å²) in [6.45, 7) is 3.03. The SMILES string of the molecule is CN1CCC[C@@H](c2ccc(NCCO)cn2)C1. The summed E-state index contributed by atoms with van der Waals surface area (Å²) < 4.78 is 0. The summed E-state index contributed by atoms with van der Waals surface area (Å²) in [5.41, 5.74) is 2.16. The average molecular weight is 235 g/mol.